The number of benzene rings is 1. The third-order valence-electron chi connectivity index (χ3n) is 3.17. The molecule has 1 aromatic carbocycles. The van der Waals surface area contributed by atoms with Gasteiger partial charge in [0, 0.05) is 41.2 Å². The molecule has 19 heavy (non-hydrogen) atoms. The number of hydrogen-bond acceptors (Lipinski definition) is 3. The first kappa shape index (κ1) is 17.1. The Morgan fingerprint density at radius 2 is 1.95 bits per heavy atom. The molecule has 2 N–H and O–H groups in total. The first-order valence-electron chi connectivity index (χ1n) is 6.41. The van der Waals surface area contributed by atoms with Crippen LogP contribution in [0.15, 0.2) is 27.1 Å². The van der Waals surface area contributed by atoms with E-state index in [9.17, 15) is 0 Å². The fraction of sp³-hybridized carbons (Fsp3) is 0.571. The number of ether oxygens (including phenoxy) is 1. The SMILES string of the molecule is COCCN(C(C)C)C(CN)c1ccc(Br)c(Br)c1. The molecule has 1 unspecified atom stereocenters. The van der Waals surface area contributed by atoms with Crippen LogP contribution in [-0.4, -0.2) is 37.7 Å². The Morgan fingerprint density at radius 1 is 1.26 bits per heavy atom. The molecular formula is C14H22Br2N2O. The van der Waals surface area contributed by atoms with E-state index in [4.69, 9.17) is 10.5 Å². The molecule has 108 valence electrons. The number of nitrogens with zero attached hydrogens (tertiary/aromatic N) is 1. The fourth-order valence-electron chi connectivity index (χ4n) is 2.15. The van der Waals surface area contributed by atoms with Crippen molar-refractivity contribution >= 4 is 31.9 Å². The summed E-state index contributed by atoms with van der Waals surface area (Å²) in [5.74, 6) is 0. The summed E-state index contributed by atoms with van der Waals surface area (Å²) in [4.78, 5) is 2.37. The monoisotopic (exact) mass is 392 g/mol. The largest absolute Gasteiger partial charge is 0.383 e. The van der Waals surface area contributed by atoms with Gasteiger partial charge in [0.25, 0.3) is 0 Å². The number of halogens is 2. The normalized spacial score (nSPS) is 13.3. The molecule has 0 saturated heterocycles. The molecule has 0 heterocycles. The van der Waals surface area contributed by atoms with Gasteiger partial charge in [-0.1, -0.05) is 6.07 Å². The topological polar surface area (TPSA) is 38.5 Å². The molecule has 0 bridgehead atoms. The maximum atomic E-state index is 5.99. The standard InChI is InChI=1S/C14H22Br2N2O/c1-10(2)18(6-7-19-3)14(9-17)11-4-5-12(15)13(16)8-11/h4-5,8,10,14H,6-7,9,17H2,1-3H3. The second kappa shape index (κ2) is 8.37. The summed E-state index contributed by atoms with van der Waals surface area (Å²) < 4.78 is 7.31. The summed E-state index contributed by atoms with van der Waals surface area (Å²) in [5.41, 5.74) is 7.22. The van der Waals surface area contributed by atoms with Gasteiger partial charge < -0.3 is 10.5 Å². The van der Waals surface area contributed by atoms with Crippen LogP contribution in [-0.2, 0) is 4.74 Å². The highest BCUT2D eigenvalue weighted by atomic mass is 79.9. The minimum Gasteiger partial charge on any atom is -0.383 e. The van der Waals surface area contributed by atoms with Crippen LogP contribution in [0, 0.1) is 0 Å². The van der Waals surface area contributed by atoms with E-state index < -0.39 is 0 Å². The second-order valence-electron chi connectivity index (χ2n) is 4.75. The Bertz CT molecular complexity index is 399. The van der Waals surface area contributed by atoms with Crippen LogP contribution in [0.1, 0.15) is 25.5 Å². The van der Waals surface area contributed by atoms with Gasteiger partial charge in [0.1, 0.15) is 0 Å². The van der Waals surface area contributed by atoms with Crippen LogP contribution in [0.4, 0.5) is 0 Å². The van der Waals surface area contributed by atoms with E-state index in [0.717, 1.165) is 15.5 Å². The Labute approximate surface area is 132 Å². The van der Waals surface area contributed by atoms with Crippen LogP contribution in [0.3, 0.4) is 0 Å². The quantitative estimate of drug-likeness (QED) is 0.769. The van der Waals surface area contributed by atoms with E-state index in [1.165, 1.54) is 5.56 Å². The van der Waals surface area contributed by atoms with Crippen molar-refractivity contribution in [3.8, 4) is 0 Å². The first-order valence-corrected chi connectivity index (χ1v) is 7.99. The van der Waals surface area contributed by atoms with E-state index in [1.807, 2.05) is 0 Å². The molecule has 0 radical (unpaired) electrons. The predicted octanol–water partition coefficient (Wildman–Crippen LogP) is 3.57. The Hall–Kier alpha value is 0.0600. The van der Waals surface area contributed by atoms with E-state index in [2.05, 4.69) is 68.8 Å². The first-order chi connectivity index (χ1) is 9.01. The van der Waals surface area contributed by atoms with Crippen molar-refractivity contribution < 1.29 is 4.74 Å². The van der Waals surface area contributed by atoms with Gasteiger partial charge in [0.2, 0.25) is 0 Å². The van der Waals surface area contributed by atoms with Crippen LogP contribution in [0.5, 0.6) is 0 Å². The zero-order chi connectivity index (χ0) is 14.4. The van der Waals surface area contributed by atoms with Crippen molar-refractivity contribution in [2.75, 3.05) is 26.8 Å². The van der Waals surface area contributed by atoms with Crippen molar-refractivity contribution in [3.05, 3.63) is 32.7 Å². The van der Waals surface area contributed by atoms with Crippen molar-refractivity contribution in [2.45, 2.75) is 25.9 Å². The van der Waals surface area contributed by atoms with Gasteiger partial charge in [-0.3, -0.25) is 4.90 Å². The Kier molecular flexibility index (Phi) is 7.54. The molecule has 1 atom stereocenters. The van der Waals surface area contributed by atoms with Crippen LogP contribution in [0.25, 0.3) is 0 Å². The third kappa shape index (κ3) is 4.83. The van der Waals surface area contributed by atoms with Gasteiger partial charge in [-0.2, -0.15) is 0 Å². The lowest BCUT2D eigenvalue weighted by Crippen LogP contribution is -2.40. The summed E-state index contributed by atoms with van der Waals surface area (Å²) in [6.45, 7) is 6.56. The lowest BCUT2D eigenvalue weighted by molar-refractivity contribution is 0.0979. The highest BCUT2D eigenvalue weighted by molar-refractivity contribution is 9.13. The molecule has 1 aromatic rings. The lowest BCUT2D eigenvalue weighted by atomic mass is 10.0. The Balaban J connectivity index is 2.97. The number of methoxy groups -OCH3 is 1. The van der Waals surface area contributed by atoms with Gasteiger partial charge in [0.05, 0.1) is 6.61 Å². The fourth-order valence-corrected chi connectivity index (χ4v) is 2.80. The summed E-state index contributed by atoms with van der Waals surface area (Å²) >= 11 is 7.05. The molecule has 0 aromatic heterocycles. The van der Waals surface area contributed by atoms with Gasteiger partial charge in [-0.15, -0.1) is 0 Å². The molecule has 5 heteroatoms. The zero-order valence-electron chi connectivity index (χ0n) is 11.7. The van der Waals surface area contributed by atoms with Crippen LogP contribution < -0.4 is 5.73 Å². The smallest absolute Gasteiger partial charge is 0.0590 e. The minimum absolute atomic E-state index is 0.208. The number of hydrogen-bond donors (Lipinski definition) is 1. The number of rotatable bonds is 7. The van der Waals surface area contributed by atoms with E-state index >= 15 is 0 Å². The highest BCUT2D eigenvalue weighted by Crippen LogP contribution is 2.29. The van der Waals surface area contributed by atoms with Gasteiger partial charge in [0.15, 0.2) is 0 Å². The second-order valence-corrected chi connectivity index (χ2v) is 6.46. The van der Waals surface area contributed by atoms with Gasteiger partial charge in [-0.25, -0.2) is 0 Å². The molecule has 0 aliphatic rings. The molecule has 0 aliphatic heterocycles. The molecule has 0 aliphatic carbocycles. The highest BCUT2D eigenvalue weighted by Gasteiger charge is 2.21. The summed E-state index contributed by atoms with van der Waals surface area (Å²) in [6.07, 6.45) is 0. The van der Waals surface area contributed by atoms with Crippen molar-refractivity contribution in [3.63, 3.8) is 0 Å². The van der Waals surface area contributed by atoms with Gasteiger partial charge in [-0.05, 0) is 63.4 Å². The maximum absolute atomic E-state index is 5.99. The summed E-state index contributed by atoms with van der Waals surface area (Å²) in [5, 5.41) is 0. The zero-order valence-corrected chi connectivity index (χ0v) is 14.9. The molecule has 3 nitrogen and oxygen atoms in total. The summed E-state index contributed by atoms with van der Waals surface area (Å²) in [6, 6.07) is 6.93. The van der Waals surface area contributed by atoms with Crippen molar-refractivity contribution in [2.24, 2.45) is 5.73 Å². The van der Waals surface area contributed by atoms with E-state index in [1.54, 1.807) is 7.11 Å². The van der Waals surface area contributed by atoms with Crippen LogP contribution in [0.2, 0.25) is 0 Å². The Morgan fingerprint density at radius 3 is 2.42 bits per heavy atom. The average molecular weight is 394 g/mol. The minimum atomic E-state index is 0.208. The van der Waals surface area contributed by atoms with Gasteiger partial charge >= 0.3 is 0 Å². The van der Waals surface area contributed by atoms with Crippen molar-refractivity contribution in [1.82, 2.24) is 4.90 Å². The van der Waals surface area contributed by atoms with E-state index in [-0.39, 0.29) is 6.04 Å². The molecule has 0 amide bonds. The maximum Gasteiger partial charge on any atom is 0.0590 e. The molecule has 1 rings (SSSR count). The van der Waals surface area contributed by atoms with Crippen molar-refractivity contribution in [1.29, 1.82) is 0 Å². The number of nitrogens with two attached hydrogens (primary N) is 1. The predicted molar refractivity (Wildman–Crippen MR) is 87.4 cm³/mol. The molecular weight excluding hydrogens is 372 g/mol. The van der Waals surface area contributed by atoms with E-state index in [0.29, 0.717) is 19.2 Å². The summed E-state index contributed by atoms with van der Waals surface area (Å²) in [7, 11) is 1.73. The lowest BCUT2D eigenvalue weighted by Gasteiger charge is -2.34. The van der Waals surface area contributed by atoms with Crippen LogP contribution >= 0.6 is 31.9 Å². The molecule has 0 spiro atoms. The third-order valence-corrected chi connectivity index (χ3v) is 5.05. The molecule has 0 saturated carbocycles. The average Bonchev–Trinajstić information content (AvgIpc) is 2.37. The molecule has 0 fully saturated rings.